The maximum atomic E-state index is 13.0. The van der Waals surface area contributed by atoms with Gasteiger partial charge in [0.2, 0.25) is 0 Å². The molecule has 144 valence electrons. The van der Waals surface area contributed by atoms with Crippen molar-refractivity contribution in [3.63, 3.8) is 0 Å². The number of halogens is 2. The summed E-state index contributed by atoms with van der Waals surface area (Å²) in [6.07, 6.45) is 1.73. The van der Waals surface area contributed by atoms with E-state index in [0.717, 1.165) is 10.0 Å². The smallest absolute Gasteiger partial charge is 0.286 e. The fraction of sp³-hybridized carbons (Fsp3) is 0.100. The zero-order chi connectivity index (χ0) is 20.1. The molecule has 2 amide bonds. The van der Waals surface area contributed by atoms with E-state index < -0.39 is 11.8 Å². The quantitative estimate of drug-likeness (QED) is 0.589. The van der Waals surface area contributed by atoms with Crippen molar-refractivity contribution in [2.75, 3.05) is 0 Å². The van der Waals surface area contributed by atoms with E-state index in [2.05, 4.69) is 26.8 Å². The molecule has 0 saturated heterocycles. The monoisotopic (exact) mass is 445 g/mol. The second-order valence-corrected chi connectivity index (χ2v) is 6.89. The van der Waals surface area contributed by atoms with Gasteiger partial charge in [-0.3, -0.25) is 20.4 Å². The Balaban J connectivity index is 1.64. The van der Waals surface area contributed by atoms with Gasteiger partial charge in [0.15, 0.2) is 0 Å². The highest BCUT2D eigenvalue weighted by Gasteiger charge is 2.15. The fourth-order valence-corrected chi connectivity index (χ4v) is 3.04. The number of benzene rings is 2. The highest BCUT2D eigenvalue weighted by Crippen LogP contribution is 2.19. The lowest BCUT2D eigenvalue weighted by atomic mass is 10.2. The number of hydrogen-bond acceptors (Lipinski definition) is 3. The van der Waals surface area contributed by atoms with Crippen LogP contribution in [0.4, 0.5) is 4.39 Å². The number of hydrazine groups is 1. The van der Waals surface area contributed by atoms with Crippen molar-refractivity contribution in [3.8, 4) is 5.75 Å². The van der Waals surface area contributed by atoms with Gasteiger partial charge in [0.05, 0.1) is 5.56 Å². The Bertz CT molecular complexity index is 1000. The van der Waals surface area contributed by atoms with E-state index in [4.69, 9.17) is 4.74 Å². The van der Waals surface area contributed by atoms with Gasteiger partial charge < -0.3 is 9.30 Å². The van der Waals surface area contributed by atoms with Gasteiger partial charge in [-0.1, -0.05) is 24.3 Å². The molecule has 0 spiro atoms. The first-order valence-electron chi connectivity index (χ1n) is 8.33. The van der Waals surface area contributed by atoms with Gasteiger partial charge in [0, 0.05) is 17.7 Å². The molecule has 0 aliphatic rings. The predicted octanol–water partition coefficient (Wildman–Crippen LogP) is 3.58. The summed E-state index contributed by atoms with van der Waals surface area (Å²) in [5.41, 5.74) is 6.17. The third-order valence-electron chi connectivity index (χ3n) is 3.93. The number of nitrogens with one attached hydrogen (secondary N) is 2. The van der Waals surface area contributed by atoms with Crippen molar-refractivity contribution in [2.24, 2.45) is 7.05 Å². The van der Waals surface area contributed by atoms with Gasteiger partial charge in [-0.2, -0.15) is 0 Å². The van der Waals surface area contributed by atoms with E-state index in [1.807, 2.05) is 0 Å². The van der Waals surface area contributed by atoms with Crippen LogP contribution in [0.5, 0.6) is 5.75 Å². The van der Waals surface area contributed by atoms with Crippen LogP contribution in [0.1, 0.15) is 26.4 Å². The first kappa shape index (κ1) is 19.6. The highest BCUT2D eigenvalue weighted by atomic mass is 79.9. The molecule has 6 nitrogen and oxygen atoms in total. The molecule has 28 heavy (non-hydrogen) atoms. The van der Waals surface area contributed by atoms with Gasteiger partial charge in [-0.15, -0.1) is 0 Å². The number of ether oxygens (including phenoxy) is 1. The second kappa shape index (κ2) is 8.71. The molecular formula is C20H17BrFN3O3. The summed E-state index contributed by atoms with van der Waals surface area (Å²) in [4.78, 5) is 24.7. The summed E-state index contributed by atoms with van der Waals surface area (Å²) in [7, 11) is 1.72. The maximum Gasteiger partial charge on any atom is 0.286 e. The normalized spacial score (nSPS) is 10.4. The molecule has 2 aromatic carbocycles. The molecule has 0 aliphatic heterocycles. The van der Waals surface area contributed by atoms with Gasteiger partial charge in [0.1, 0.15) is 23.9 Å². The average molecular weight is 446 g/mol. The van der Waals surface area contributed by atoms with Crippen LogP contribution >= 0.6 is 15.9 Å². The van der Waals surface area contributed by atoms with Crippen LogP contribution in [0, 0.1) is 5.82 Å². The zero-order valence-corrected chi connectivity index (χ0v) is 16.5. The Morgan fingerprint density at radius 3 is 2.43 bits per heavy atom. The van der Waals surface area contributed by atoms with E-state index >= 15 is 0 Å². The zero-order valence-electron chi connectivity index (χ0n) is 14.9. The first-order chi connectivity index (χ1) is 13.4. The SMILES string of the molecule is Cn1cc(Br)cc1C(=O)NNC(=O)c1ccccc1OCc1ccc(F)cc1. The number of amides is 2. The molecule has 0 unspecified atom stereocenters. The van der Waals surface area contributed by atoms with Crippen LogP contribution in [-0.4, -0.2) is 16.4 Å². The van der Waals surface area contributed by atoms with Crippen LogP contribution in [0.3, 0.4) is 0 Å². The van der Waals surface area contributed by atoms with Crippen LogP contribution in [0.25, 0.3) is 0 Å². The number of aromatic nitrogens is 1. The number of carbonyl (C=O) groups excluding carboxylic acids is 2. The van der Waals surface area contributed by atoms with Crippen molar-refractivity contribution < 1.29 is 18.7 Å². The van der Waals surface area contributed by atoms with Gasteiger partial charge in [-0.05, 0) is 51.8 Å². The lowest BCUT2D eigenvalue weighted by Crippen LogP contribution is -2.42. The maximum absolute atomic E-state index is 13.0. The molecule has 3 aromatic rings. The Labute approximate surface area is 169 Å². The minimum Gasteiger partial charge on any atom is -0.488 e. The molecule has 0 bridgehead atoms. The van der Waals surface area contributed by atoms with Crippen LogP contribution < -0.4 is 15.6 Å². The number of para-hydroxylation sites is 1. The first-order valence-corrected chi connectivity index (χ1v) is 9.12. The van der Waals surface area contributed by atoms with E-state index in [1.165, 1.54) is 12.1 Å². The molecular weight excluding hydrogens is 429 g/mol. The lowest BCUT2D eigenvalue weighted by molar-refractivity contribution is 0.0839. The Hall–Kier alpha value is -3.13. The molecule has 2 N–H and O–H groups in total. The Morgan fingerprint density at radius 1 is 1.07 bits per heavy atom. The number of aryl methyl sites for hydroxylation is 1. The summed E-state index contributed by atoms with van der Waals surface area (Å²) in [5, 5.41) is 0. The standard InChI is InChI=1S/C20H17BrFN3O3/c1-25-11-14(21)10-17(25)20(27)24-23-19(26)16-4-2-3-5-18(16)28-12-13-6-8-15(22)9-7-13/h2-11H,12H2,1H3,(H,23,26)(H,24,27). The number of rotatable bonds is 5. The third kappa shape index (κ3) is 4.77. The van der Waals surface area contributed by atoms with Crippen molar-refractivity contribution in [3.05, 3.63) is 87.9 Å². The second-order valence-electron chi connectivity index (χ2n) is 5.97. The van der Waals surface area contributed by atoms with E-state index in [9.17, 15) is 14.0 Å². The number of carbonyl (C=O) groups is 2. The molecule has 3 rings (SSSR count). The van der Waals surface area contributed by atoms with Crippen molar-refractivity contribution in [2.45, 2.75) is 6.61 Å². The molecule has 0 saturated carbocycles. The predicted molar refractivity (Wildman–Crippen MR) is 105 cm³/mol. The van der Waals surface area contributed by atoms with Crippen molar-refractivity contribution in [1.29, 1.82) is 0 Å². The van der Waals surface area contributed by atoms with Gasteiger partial charge >= 0.3 is 0 Å². The highest BCUT2D eigenvalue weighted by molar-refractivity contribution is 9.10. The lowest BCUT2D eigenvalue weighted by Gasteiger charge is -2.12. The van der Waals surface area contributed by atoms with Crippen molar-refractivity contribution in [1.82, 2.24) is 15.4 Å². The number of hydrogen-bond donors (Lipinski definition) is 2. The average Bonchev–Trinajstić information content (AvgIpc) is 3.04. The van der Waals surface area contributed by atoms with E-state index in [-0.39, 0.29) is 18.0 Å². The topological polar surface area (TPSA) is 72.4 Å². The summed E-state index contributed by atoms with van der Waals surface area (Å²) in [5.74, 6) is -0.952. The molecule has 0 fully saturated rings. The van der Waals surface area contributed by atoms with Crippen LogP contribution in [0.15, 0.2) is 65.3 Å². The molecule has 8 heteroatoms. The molecule has 1 aromatic heterocycles. The summed E-state index contributed by atoms with van der Waals surface area (Å²) >= 11 is 3.29. The van der Waals surface area contributed by atoms with Gasteiger partial charge in [0.25, 0.3) is 11.8 Å². The Kier molecular flexibility index (Phi) is 6.10. The summed E-state index contributed by atoms with van der Waals surface area (Å²) in [6.45, 7) is 0.175. The van der Waals surface area contributed by atoms with Crippen molar-refractivity contribution >= 4 is 27.7 Å². The number of nitrogens with zero attached hydrogens (tertiary/aromatic N) is 1. The fourth-order valence-electron chi connectivity index (χ4n) is 2.52. The van der Waals surface area contributed by atoms with Crippen LogP contribution in [0.2, 0.25) is 0 Å². The minimum absolute atomic E-state index is 0.175. The molecule has 0 aliphatic carbocycles. The Morgan fingerprint density at radius 2 is 1.75 bits per heavy atom. The van der Waals surface area contributed by atoms with E-state index in [0.29, 0.717) is 11.4 Å². The van der Waals surface area contributed by atoms with Gasteiger partial charge in [-0.25, -0.2) is 4.39 Å². The third-order valence-corrected chi connectivity index (χ3v) is 4.37. The molecule has 0 atom stereocenters. The minimum atomic E-state index is -0.517. The van der Waals surface area contributed by atoms with Crippen LogP contribution in [-0.2, 0) is 13.7 Å². The molecule has 0 radical (unpaired) electrons. The summed E-state index contributed by atoms with van der Waals surface area (Å²) in [6, 6.07) is 14.2. The molecule has 1 heterocycles. The van der Waals surface area contributed by atoms with E-state index in [1.54, 1.807) is 60.3 Å². The summed E-state index contributed by atoms with van der Waals surface area (Å²) < 4.78 is 21.1. The largest absolute Gasteiger partial charge is 0.488 e.